The predicted molar refractivity (Wildman–Crippen MR) is 51.1 cm³/mol. The van der Waals surface area contributed by atoms with Crippen LogP contribution in [0.3, 0.4) is 0 Å². The molecule has 78 valence electrons. The lowest BCUT2D eigenvalue weighted by atomic mass is 10.2. The van der Waals surface area contributed by atoms with Gasteiger partial charge in [0, 0.05) is 24.1 Å². The highest BCUT2D eigenvalue weighted by Crippen LogP contribution is 2.15. The van der Waals surface area contributed by atoms with E-state index in [1.165, 1.54) is 4.90 Å². The van der Waals surface area contributed by atoms with Gasteiger partial charge in [0.05, 0.1) is 0 Å². The van der Waals surface area contributed by atoms with Crippen LogP contribution in [0.4, 0.5) is 0 Å². The lowest BCUT2D eigenvalue weighted by Gasteiger charge is -2.31. The van der Waals surface area contributed by atoms with Crippen LogP contribution in [-0.4, -0.2) is 51.8 Å². The standard InChI is InChI=1S/C8H11NO4S/c1-5-4-14-3-2-9(5)7(11)6(10)8(12)13/h5H,2-4H2,1H3,(H,12,13). The molecule has 1 amide bonds. The molecular formula is C8H11NO4S. The van der Waals surface area contributed by atoms with Crippen LogP contribution < -0.4 is 0 Å². The molecule has 1 rings (SSSR count). The van der Waals surface area contributed by atoms with Gasteiger partial charge in [-0.05, 0) is 6.92 Å². The van der Waals surface area contributed by atoms with E-state index in [2.05, 4.69) is 0 Å². The van der Waals surface area contributed by atoms with Gasteiger partial charge in [-0.1, -0.05) is 0 Å². The third-order valence-electron chi connectivity index (χ3n) is 2.02. The van der Waals surface area contributed by atoms with Crippen LogP contribution >= 0.6 is 11.8 Å². The number of carbonyl (C=O) groups is 3. The Hall–Kier alpha value is -1.04. The molecule has 1 N–H and O–H groups in total. The summed E-state index contributed by atoms with van der Waals surface area (Å²) in [5.74, 6) is -2.42. The van der Waals surface area contributed by atoms with E-state index in [0.29, 0.717) is 6.54 Å². The molecule has 5 nitrogen and oxygen atoms in total. The summed E-state index contributed by atoms with van der Waals surface area (Å²) in [7, 11) is 0. The van der Waals surface area contributed by atoms with Crippen LogP contribution in [0.2, 0.25) is 0 Å². The Labute approximate surface area is 85.4 Å². The maximum atomic E-state index is 11.3. The number of hydrogen-bond donors (Lipinski definition) is 1. The van der Waals surface area contributed by atoms with Crippen molar-refractivity contribution in [3.8, 4) is 0 Å². The molecule has 0 aromatic heterocycles. The molecular weight excluding hydrogens is 206 g/mol. The number of thioether (sulfide) groups is 1. The van der Waals surface area contributed by atoms with Crippen molar-refractivity contribution in [1.82, 2.24) is 4.90 Å². The quantitative estimate of drug-likeness (QED) is 0.503. The molecule has 1 saturated heterocycles. The minimum absolute atomic E-state index is 0.0652. The number of hydrogen-bond acceptors (Lipinski definition) is 4. The second kappa shape index (κ2) is 4.45. The molecule has 0 aromatic rings. The molecule has 0 bridgehead atoms. The average Bonchev–Trinajstić information content (AvgIpc) is 2.16. The molecule has 0 spiro atoms. The van der Waals surface area contributed by atoms with E-state index >= 15 is 0 Å². The van der Waals surface area contributed by atoms with Gasteiger partial charge in [0.15, 0.2) is 0 Å². The summed E-state index contributed by atoms with van der Waals surface area (Å²) < 4.78 is 0. The topological polar surface area (TPSA) is 74.7 Å². The Morgan fingerprint density at radius 3 is 2.57 bits per heavy atom. The normalized spacial score (nSPS) is 21.8. The Bertz CT molecular complexity index is 279. The number of carbonyl (C=O) groups excluding carboxylic acids is 2. The van der Waals surface area contributed by atoms with Crippen molar-refractivity contribution in [2.75, 3.05) is 18.1 Å². The molecule has 0 aromatic carbocycles. The highest BCUT2D eigenvalue weighted by Gasteiger charge is 2.31. The van der Waals surface area contributed by atoms with Crippen LogP contribution in [0.15, 0.2) is 0 Å². The molecule has 14 heavy (non-hydrogen) atoms. The SMILES string of the molecule is CC1CSCCN1C(=O)C(=O)C(=O)O. The molecule has 1 atom stereocenters. The third-order valence-corrected chi connectivity index (χ3v) is 3.21. The fourth-order valence-corrected chi connectivity index (χ4v) is 2.26. The molecule has 0 aliphatic carbocycles. The Morgan fingerprint density at radius 2 is 2.07 bits per heavy atom. The third kappa shape index (κ3) is 2.25. The van der Waals surface area contributed by atoms with E-state index in [-0.39, 0.29) is 6.04 Å². The van der Waals surface area contributed by atoms with E-state index in [4.69, 9.17) is 5.11 Å². The highest BCUT2D eigenvalue weighted by atomic mass is 32.2. The lowest BCUT2D eigenvalue weighted by molar-refractivity contribution is -0.157. The second-order valence-corrected chi connectivity index (χ2v) is 4.21. The number of carboxylic acid groups (broad SMARTS) is 1. The summed E-state index contributed by atoms with van der Waals surface area (Å²) in [5.41, 5.74) is 0. The summed E-state index contributed by atoms with van der Waals surface area (Å²) in [5, 5.41) is 8.37. The smallest absolute Gasteiger partial charge is 0.382 e. The molecule has 0 saturated carbocycles. The minimum atomic E-state index is -1.68. The van der Waals surface area contributed by atoms with Crippen molar-refractivity contribution < 1.29 is 19.5 Å². The van der Waals surface area contributed by atoms with E-state index in [0.717, 1.165) is 11.5 Å². The summed E-state index contributed by atoms with van der Waals surface area (Å²) in [6.45, 7) is 2.25. The summed E-state index contributed by atoms with van der Waals surface area (Å²) in [4.78, 5) is 33.8. The number of carboxylic acids is 1. The minimum Gasteiger partial charge on any atom is -0.475 e. The van der Waals surface area contributed by atoms with Crippen molar-refractivity contribution in [3.63, 3.8) is 0 Å². The largest absolute Gasteiger partial charge is 0.475 e. The van der Waals surface area contributed by atoms with Crippen LogP contribution in [0, 0.1) is 0 Å². The number of rotatable bonds is 2. The van der Waals surface area contributed by atoms with Gasteiger partial charge in [-0.25, -0.2) is 4.79 Å². The molecule has 6 heteroatoms. The fraction of sp³-hybridized carbons (Fsp3) is 0.625. The number of aliphatic carboxylic acids is 1. The maximum Gasteiger partial charge on any atom is 0.382 e. The Kier molecular flexibility index (Phi) is 3.51. The molecule has 0 radical (unpaired) electrons. The van der Waals surface area contributed by atoms with Gasteiger partial charge < -0.3 is 10.0 Å². The molecule has 1 unspecified atom stereocenters. The summed E-state index contributed by atoms with van der Waals surface area (Å²) >= 11 is 1.69. The number of Topliss-reactive ketones (excluding diaryl/α,β-unsaturated/α-hetero) is 1. The van der Waals surface area contributed by atoms with Gasteiger partial charge in [-0.15, -0.1) is 0 Å². The number of ketones is 1. The van der Waals surface area contributed by atoms with Gasteiger partial charge in [0.2, 0.25) is 0 Å². The van der Waals surface area contributed by atoms with Crippen LogP contribution in [-0.2, 0) is 14.4 Å². The zero-order chi connectivity index (χ0) is 10.7. The van der Waals surface area contributed by atoms with E-state index in [9.17, 15) is 14.4 Å². The van der Waals surface area contributed by atoms with Crippen molar-refractivity contribution >= 4 is 29.4 Å². The second-order valence-electron chi connectivity index (χ2n) is 3.06. The van der Waals surface area contributed by atoms with Crippen molar-refractivity contribution in [2.24, 2.45) is 0 Å². The first-order valence-electron chi connectivity index (χ1n) is 4.20. The molecule has 1 aliphatic heterocycles. The zero-order valence-corrected chi connectivity index (χ0v) is 8.54. The highest BCUT2D eigenvalue weighted by molar-refractivity contribution is 7.99. The van der Waals surface area contributed by atoms with Gasteiger partial charge in [-0.2, -0.15) is 11.8 Å². The van der Waals surface area contributed by atoms with Gasteiger partial charge in [-0.3, -0.25) is 9.59 Å². The number of nitrogens with zero attached hydrogens (tertiary/aromatic N) is 1. The molecule has 1 heterocycles. The van der Waals surface area contributed by atoms with Crippen LogP contribution in [0.5, 0.6) is 0 Å². The van der Waals surface area contributed by atoms with E-state index in [1.807, 2.05) is 0 Å². The Balaban J connectivity index is 2.67. The van der Waals surface area contributed by atoms with Gasteiger partial charge in [0.25, 0.3) is 0 Å². The summed E-state index contributed by atoms with van der Waals surface area (Å²) in [6.07, 6.45) is 0. The van der Waals surface area contributed by atoms with Gasteiger partial charge >= 0.3 is 17.7 Å². The van der Waals surface area contributed by atoms with Gasteiger partial charge in [0.1, 0.15) is 0 Å². The van der Waals surface area contributed by atoms with E-state index < -0.39 is 17.7 Å². The van der Waals surface area contributed by atoms with Crippen LogP contribution in [0.1, 0.15) is 6.92 Å². The maximum absolute atomic E-state index is 11.3. The van der Waals surface area contributed by atoms with Crippen molar-refractivity contribution in [2.45, 2.75) is 13.0 Å². The van der Waals surface area contributed by atoms with Crippen molar-refractivity contribution in [3.05, 3.63) is 0 Å². The zero-order valence-electron chi connectivity index (χ0n) is 7.73. The van der Waals surface area contributed by atoms with Crippen LogP contribution in [0.25, 0.3) is 0 Å². The monoisotopic (exact) mass is 217 g/mol. The lowest BCUT2D eigenvalue weighted by Crippen LogP contribution is -2.49. The first kappa shape index (κ1) is 11.0. The first-order chi connectivity index (χ1) is 6.54. The molecule has 1 aliphatic rings. The first-order valence-corrected chi connectivity index (χ1v) is 5.35. The summed E-state index contributed by atoms with van der Waals surface area (Å²) in [6, 6.07) is -0.0652. The number of amides is 1. The molecule has 1 fully saturated rings. The van der Waals surface area contributed by atoms with Crippen molar-refractivity contribution in [1.29, 1.82) is 0 Å². The fourth-order valence-electron chi connectivity index (χ4n) is 1.25. The van der Waals surface area contributed by atoms with E-state index in [1.54, 1.807) is 18.7 Å². The average molecular weight is 217 g/mol. The predicted octanol–water partition coefficient (Wildman–Crippen LogP) is -0.396. The Morgan fingerprint density at radius 1 is 1.43 bits per heavy atom.